The highest BCUT2D eigenvalue weighted by Gasteiger charge is 2.22. The van der Waals surface area contributed by atoms with Gasteiger partial charge in [0, 0.05) is 14.9 Å². The number of ether oxygens (including phenoxy) is 1. The van der Waals surface area contributed by atoms with Crippen LogP contribution in [0.15, 0.2) is 16.6 Å². The van der Waals surface area contributed by atoms with Crippen molar-refractivity contribution in [3.63, 3.8) is 0 Å². The van der Waals surface area contributed by atoms with E-state index in [-0.39, 0.29) is 0 Å². The lowest BCUT2D eigenvalue weighted by Crippen LogP contribution is -2.08. The molecule has 3 heteroatoms. The van der Waals surface area contributed by atoms with Crippen LogP contribution < -0.4 is 4.74 Å². The maximum Gasteiger partial charge on any atom is 0.123 e. The fraction of sp³-hybridized carbons (Fsp3) is 0.625. The van der Waals surface area contributed by atoms with Crippen molar-refractivity contribution >= 4 is 31.9 Å². The Hall–Kier alpha value is -0.0200. The molecule has 1 aromatic rings. The summed E-state index contributed by atoms with van der Waals surface area (Å²) in [6.45, 7) is 6.61. The summed E-state index contributed by atoms with van der Waals surface area (Å²) in [5, 5.41) is 0. The van der Waals surface area contributed by atoms with Crippen LogP contribution in [0.25, 0.3) is 0 Å². The Kier molecular flexibility index (Phi) is 7.45. The molecule has 0 aliphatic heterocycles. The Labute approximate surface area is 134 Å². The van der Waals surface area contributed by atoms with Crippen molar-refractivity contribution in [3.05, 3.63) is 27.7 Å². The van der Waals surface area contributed by atoms with E-state index in [1.165, 1.54) is 36.8 Å². The van der Waals surface area contributed by atoms with E-state index in [2.05, 4.69) is 64.8 Å². The van der Waals surface area contributed by atoms with E-state index in [1.807, 2.05) is 0 Å². The second kappa shape index (κ2) is 8.31. The van der Waals surface area contributed by atoms with E-state index >= 15 is 0 Å². The number of rotatable bonds is 7. The Morgan fingerprint density at radius 1 is 1.26 bits per heavy atom. The first-order valence-corrected chi connectivity index (χ1v) is 8.74. The highest BCUT2D eigenvalue weighted by Crippen LogP contribution is 2.42. The van der Waals surface area contributed by atoms with Crippen molar-refractivity contribution in [1.82, 2.24) is 0 Å². The van der Waals surface area contributed by atoms with Gasteiger partial charge in [-0.3, -0.25) is 0 Å². The topological polar surface area (TPSA) is 9.23 Å². The van der Waals surface area contributed by atoms with Gasteiger partial charge in [-0.2, -0.15) is 0 Å². The molecule has 19 heavy (non-hydrogen) atoms. The number of aryl methyl sites for hydroxylation is 1. The molecule has 0 radical (unpaired) electrons. The van der Waals surface area contributed by atoms with Crippen molar-refractivity contribution in [1.29, 1.82) is 0 Å². The Balaban J connectivity index is 3.02. The molecule has 1 nitrogen and oxygen atoms in total. The van der Waals surface area contributed by atoms with Crippen molar-refractivity contribution in [2.45, 2.75) is 51.3 Å². The summed E-state index contributed by atoms with van der Waals surface area (Å²) in [5.74, 6) is 1.64. The van der Waals surface area contributed by atoms with Crippen LogP contribution in [0, 0.1) is 12.8 Å². The zero-order valence-electron chi connectivity index (χ0n) is 12.3. The maximum absolute atomic E-state index is 5.55. The van der Waals surface area contributed by atoms with E-state index < -0.39 is 0 Å². The van der Waals surface area contributed by atoms with Crippen LogP contribution >= 0.6 is 31.9 Å². The number of hydrogen-bond donors (Lipinski definition) is 0. The first-order valence-electron chi connectivity index (χ1n) is 7.03. The molecule has 0 heterocycles. The van der Waals surface area contributed by atoms with Crippen molar-refractivity contribution in [3.8, 4) is 5.75 Å². The fourth-order valence-electron chi connectivity index (χ4n) is 2.34. The molecule has 1 aromatic carbocycles. The Morgan fingerprint density at radius 2 is 1.95 bits per heavy atom. The molecule has 0 spiro atoms. The molecule has 0 amide bonds. The van der Waals surface area contributed by atoms with Crippen LogP contribution in [0.3, 0.4) is 0 Å². The van der Waals surface area contributed by atoms with Crippen LogP contribution in [-0.2, 0) is 0 Å². The lowest BCUT2D eigenvalue weighted by molar-refractivity contribution is 0.394. The molecule has 0 aliphatic carbocycles. The number of methoxy groups -OCH3 is 1. The number of halogens is 2. The predicted molar refractivity (Wildman–Crippen MR) is 90.4 cm³/mol. The summed E-state index contributed by atoms with van der Waals surface area (Å²) in [5.41, 5.74) is 2.46. The summed E-state index contributed by atoms with van der Waals surface area (Å²) in [6.07, 6.45) is 4.99. The molecule has 0 saturated carbocycles. The average Bonchev–Trinajstić information content (AvgIpc) is 2.41. The highest BCUT2D eigenvalue weighted by atomic mass is 79.9. The first kappa shape index (κ1) is 17.0. The number of alkyl halides is 1. The van der Waals surface area contributed by atoms with Gasteiger partial charge in [0.1, 0.15) is 5.75 Å². The number of benzene rings is 1. The van der Waals surface area contributed by atoms with E-state index in [0.29, 0.717) is 10.7 Å². The molecular formula is C16H24Br2O. The van der Waals surface area contributed by atoms with Crippen LogP contribution in [0.5, 0.6) is 5.75 Å². The molecule has 0 aliphatic rings. The normalized spacial score (nSPS) is 14.2. The maximum atomic E-state index is 5.55. The zero-order chi connectivity index (χ0) is 14.4. The monoisotopic (exact) mass is 390 g/mol. The summed E-state index contributed by atoms with van der Waals surface area (Å²) in [4.78, 5) is 0.357. The van der Waals surface area contributed by atoms with Gasteiger partial charge >= 0.3 is 0 Å². The minimum absolute atomic E-state index is 0.357. The van der Waals surface area contributed by atoms with Crippen molar-refractivity contribution in [2.75, 3.05) is 7.11 Å². The van der Waals surface area contributed by atoms with Gasteiger partial charge in [0.25, 0.3) is 0 Å². The lowest BCUT2D eigenvalue weighted by atomic mass is 9.91. The van der Waals surface area contributed by atoms with E-state index in [1.54, 1.807) is 7.11 Å². The standard InChI is InChI=1S/C16H24Br2O/c1-5-7-8-12(6-2)16(18)13-10-14(17)11(3)9-15(13)19-4/h9-10,12,16H,5-8H2,1-4H3. The molecule has 2 unspecified atom stereocenters. The summed E-state index contributed by atoms with van der Waals surface area (Å²) >= 11 is 7.52. The quantitative estimate of drug-likeness (QED) is 0.487. The molecule has 2 atom stereocenters. The van der Waals surface area contributed by atoms with Gasteiger partial charge in [-0.25, -0.2) is 0 Å². The molecule has 0 N–H and O–H groups in total. The summed E-state index contributed by atoms with van der Waals surface area (Å²) in [7, 11) is 1.75. The van der Waals surface area contributed by atoms with Gasteiger partial charge in [-0.15, -0.1) is 0 Å². The predicted octanol–water partition coefficient (Wildman–Crippen LogP) is 6.42. The van der Waals surface area contributed by atoms with Crippen molar-refractivity contribution in [2.24, 2.45) is 5.92 Å². The van der Waals surface area contributed by atoms with E-state index in [0.717, 1.165) is 10.2 Å². The Morgan fingerprint density at radius 3 is 2.47 bits per heavy atom. The molecular weight excluding hydrogens is 368 g/mol. The van der Waals surface area contributed by atoms with Gasteiger partial charge in [0.2, 0.25) is 0 Å². The molecule has 0 saturated heterocycles. The van der Waals surface area contributed by atoms with Crippen molar-refractivity contribution < 1.29 is 4.74 Å². The lowest BCUT2D eigenvalue weighted by Gasteiger charge is -2.24. The van der Waals surface area contributed by atoms with Gasteiger partial charge in [0.15, 0.2) is 0 Å². The smallest absolute Gasteiger partial charge is 0.123 e. The van der Waals surface area contributed by atoms with Gasteiger partial charge in [-0.05, 0) is 37.0 Å². The Bertz CT molecular complexity index is 404. The zero-order valence-corrected chi connectivity index (χ0v) is 15.5. The highest BCUT2D eigenvalue weighted by molar-refractivity contribution is 9.10. The van der Waals surface area contributed by atoms with Gasteiger partial charge < -0.3 is 4.74 Å². The minimum Gasteiger partial charge on any atom is -0.496 e. The molecule has 108 valence electrons. The van der Waals surface area contributed by atoms with Gasteiger partial charge in [-0.1, -0.05) is 65.0 Å². The molecule has 0 aromatic heterocycles. The van der Waals surface area contributed by atoms with Crippen LogP contribution in [0.1, 0.15) is 55.5 Å². The fourth-order valence-corrected chi connectivity index (χ4v) is 3.70. The van der Waals surface area contributed by atoms with E-state index in [4.69, 9.17) is 4.74 Å². The summed E-state index contributed by atoms with van der Waals surface area (Å²) < 4.78 is 6.70. The third-order valence-electron chi connectivity index (χ3n) is 3.67. The minimum atomic E-state index is 0.357. The second-order valence-electron chi connectivity index (χ2n) is 5.06. The largest absolute Gasteiger partial charge is 0.496 e. The third-order valence-corrected chi connectivity index (χ3v) is 5.77. The van der Waals surface area contributed by atoms with E-state index in [9.17, 15) is 0 Å². The van der Waals surface area contributed by atoms with Crippen LogP contribution in [0.4, 0.5) is 0 Å². The van der Waals surface area contributed by atoms with Gasteiger partial charge in [0.05, 0.1) is 7.11 Å². The first-order chi connectivity index (χ1) is 9.04. The molecule has 1 rings (SSSR count). The molecule has 0 bridgehead atoms. The number of hydrogen-bond acceptors (Lipinski definition) is 1. The molecule has 0 fully saturated rings. The SMILES string of the molecule is CCCCC(CC)C(Br)c1cc(Br)c(C)cc1OC. The average molecular weight is 392 g/mol. The second-order valence-corrected chi connectivity index (χ2v) is 6.90. The number of unbranched alkanes of at least 4 members (excludes halogenated alkanes) is 1. The van der Waals surface area contributed by atoms with Crippen LogP contribution in [0.2, 0.25) is 0 Å². The summed E-state index contributed by atoms with van der Waals surface area (Å²) in [6, 6.07) is 4.31. The van der Waals surface area contributed by atoms with Crippen LogP contribution in [-0.4, -0.2) is 7.11 Å². The third kappa shape index (κ3) is 4.49.